The number of carbonyl (C=O) groups excluding carboxylic acids is 1. The van der Waals surface area contributed by atoms with E-state index in [-0.39, 0.29) is 0 Å². The third kappa shape index (κ3) is 2.95. The molecule has 1 atom stereocenters. The molecule has 4 heteroatoms. The van der Waals surface area contributed by atoms with Crippen molar-refractivity contribution in [1.29, 1.82) is 0 Å². The number of benzene rings is 1. The molecule has 0 aliphatic rings. The van der Waals surface area contributed by atoms with Crippen LogP contribution in [0.1, 0.15) is 22.8 Å². The summed E-state index contributed by atoms with van der Waals surface area (Å²) in [5.41, 5.74) is 1.16. The van der Waals surface area contributed by atoms with Crippen molar-refractivity contribution in [2.45, 2.75) is 20.0 Å². The highest BCUT2D eigenvalue weighted by molar-refractivity contribution is 5.91. The molecule has 0 amide bonds. The van der Waals surface area contributed by atoms with E-state index < -0.39 is 12.1 Å². The zero-order chi connectivity index (χ0) is 13.7. The fourth-order valence-corrected chi connectivity index (χ4v) is 1.47. The molecule has 0 aromatic heterocycles. The fourth-order valence-electron chi connectivity index (χ4n) is 1.47. The summed E-state index contributed by atoms with van der Waals surface area (Å²) in [4.78, 5) is 11.8. The Bertz CT molecular complexity index is 460. The first-order valence-electron chi connectivity index (χ1n) is 5.43. The highest BCUT2D eigenvalue weighted by atomic mass is 16.5. The Balaban J connectivity index is 3.10. The highest BCUT2D eigenvalue weighted by Crippen LogP contribution is 2.29. The SMILES string of the molecule is C#CC(C)OC(=O)c1cc(OC)c(C)c(OC)c1. The third-order valence-corrected chi connectivity index (χ3v) is 2.51. The molecule has 1 aromatic carbocycles. The molecule has 0 aliphatic heterocycles. The second kappa shape index (κ2) is 5.97. The van der Waals surface area contributed by atoms with Crippen molar-refractivity contribution in [2.75, 3.05) is 14.2 Å². The Morgan fingerprint density at radius 2 is 1.78 bits per heavy atom. The van der Waals surface area contributed by atoms with Gasteiger partial charge in [-0.15, -0.1) is 6.42 Å². The van der Waals surface area contributed by atoms with E-state index in [1.165, 1.54) is 14.2 Å². The summed E-state index contributed by atoms with van der Waals surface area (Å²) in [6.45, 7) is 3.47. The molecule has 1 aromatic rings. The van der Waals surface area contributed by atoms with Crippen LogP contribution in [-0.4, -0.2) is 26.3 Å². The Hall–Kier alpha value is -2.15. The monoisotopic (exact) mass is 248 g/mol. The molecule has 0 aliphatic carbocycles. The van der Waals surface area contributed by atoms with Crippen LogP contribution in [0.3, 0.4) is 0 Å². The van der Waals surface area contributed by atoms with E-state index in [2.05, 4.69) is 5.92 Å². The number of methoxy groups -OCH3 is 2. The fraction of sp³-hybridized carbons (Fsp3) is 0.357. The second-order valence-electron chi connectivity index (χ2n) is 3.72. The molecule has 0 bridgehead atoms. The van der Waals surface area contributed by atoms with Gasteiger partial charge >= 0.3 is 5.97 Å². The van der Waals surface area contributed by atoms with Gasteiger partial charge in [-0.1, -0.05) is 5.92 Å². The summed E-state index contributed by atoms with van der Waals surface area (Å²) in [5, 5.41) is 0. The van der Waals surface area contributed by atoms with Gasteiger partial charge in [0.2, 0.25) is 0 Å². The first kappa shape index (κ1) is 13.9. The second-order valence-corrected chi connectivity index (χ2v) is 3.72. The van der Waals surface area contributed by atoms with Crippen molar-refractivity contribution in [1.82, 2.24) is 0 Å². The molecule has 0 fully saturated rings. The molecule has 0 spiro atoms. The van der Waals surface area contributed by atoms with Gasteiger partial charge in [-0.2, -0.15) is 0 Å². The largest absolute Gasteiger partial charge is 0.496 e. The van der Waals surface area contributed by atoms with Crippen LogP contribution in [0.25, 0.3) is 0 Å². The lowest BCUT2D eigenvalue weighted by Gasteiger charge is -2.13. The molecule has 4 nitrogen and oxygen atoms in total. The number of carbonyl (C=O) groups is 1. The van der Waals surface area contributed by atoms with E-state index in [4.69, 9.17) is 20.6 Å². The minimum Gasteiger partial charge on any atom is -0.496 e. The third-order valence-electron chi connectivity index (χ3n) is 2.51. The van der Waals surface area contributed by atoms with Crippen molar-refractivity contribution in [3.05, 3.63) is 23.3 Å². The summed E-state index contributed by atoms with van der Waals surface area (Å²) in [7, 11) is 3.06. The Labute approximate surface area is 107 Å². The summed E-state index contributed by atoms with van der Waals surface area (Å²) in [6, 6.07) is 3.20. The maximum absolute atomic E-state index is 11.8. The molecule has 18 heavy (non-hydrogen) atoms. The number of hydrogen-bond donors (Lipinski definition) is 0. The van der Waals surface area contributed by atoms with Crippen LogP contribution >= 0.6 is 0 Å². The number of terminal acetylenes is 1. The number of hydrogen-bond acceptors (Lipinski definition) is 4. The molecule has 96 valence electrons. The maximum Gasteiger partial charge on any atom is 0.339 e. The van der Waals surface area contributed by atoms with E-state index in [0.29, 0.717) is 17.1 Å². The van der Waals surface area contributed by atoms with Gasteiger partial charge in [0.25, 0.3) is 0 Å². The quantitative estimate of drug-likeness (QED) is 0.605. The van der Waals surface area contributed by atoms with Crippen LogP contribution < -0.4 is 9.47 Å². The van der Waals surface area contributed by atoms with Crippen LogP contribution in [0.2, 0.25) is 0 Å². The van der Waals surface area contributed by atoms with Crippen LogP contribution in [0.15, 0.2) is 12.1 Å². The average molecular weight is 248 g/mol. The van der Waals surface area contributed by atoms with Crippen LogP contribution in [0.4, 0.5) is 0 Å². The van der Waals surface area contributed by atoms with Gasteiger partial charge in [-0.25, -0.2) is 4.79 Å². The zero-order valence-corrected chi connectivity index (χ0v) is 10.9. The molecular formula is C14H16O4. The predicted octanol–water partition coefficient (Wildman–Crippen LogP) is 2.19. The number of ether oxygens (including phenoxy) is 3. The van der Waals surface area contributed by atoms with Crippen LogP contribution in [0, 0.1) is 19.3 Å². The molecular weight excluding hydrogens is 232 g/mol. The molecule has 0 radical (unpaired) electrons. The van der Waals surface area contributed by atoms with E-state index in [9.17, 15) is 4.79 Å². The average Bonchev–Trinajstić information content (AvgIpc) is 2.38. The van der Waals surface area contributed by atoms with E-state index in [0.717, 1.165) is 5.56 Å². The summed E-state index contributed by atoms with van der Waals surface area (Å²) < 4.78 is 15.4. The lowest BCUT2D eigenvalue weighted by atomic mass is 10.1. The first-order chi connectivity index (χ1) is 8.53. The highest BCUT2D eigenvalue weighted by Gasteiger charge is 2.16. The van der Waals surface area contributed by atoms with Crippen LogP contribution in [-0.2, 0) is 4.74 Å². The first-order valence-corrected chi connectivity index (χ1v) is 5.43. The van der Waals surface area contributed by atoms with Gasteiger partial charge in [0.15, 0.2) is 6.10 Å². The Morgan fingerprint density at radius 1 is 1.28 bits per heavy atom. The van der Waals surface area contributed by atoms with Crippen molar-refractivity contribution in [3.63, 3.8) is 0 Å². The minimum absolute atomic E-state index is 0.344. The van der Waals surface area contributed by atoms with Gasteiger partial charge in [-0.3, -0.25) is 0 Å². The summed E-state index contributed by atoms with van der Waals surface area (Å²) in [5.74, 6) is 2.95. The molecule has 1 unspecified atom stereocenters. The topological polar surface area (TPSA) is 44.8 Å². The van der Waals surface area contributed by atoms with Crippen molar-refractivity contribution in [3.8, 4) is 23.8 Å². The van der Waals surface area contributed by atoms with Gasteiger partial charge < -0.3 is 14.2 Å². The van der Waals surface area contributed by atoms with Gasteiger partial charge in [0.05, 0.1) is 19.8 Å². The maximum atomic E-state index is 11.8. The van der Waals surface area contributed by atoms with E-state index >= 15 is 0 Å². The minimum atomic E-state index is -0.573. The molecule has 0 N–H and O–H groups in total. The summed E-state index contributed by atoms with van der Waals surface area (Å²) in [6.07, 6.45) is 4.58. The smallest absolute Gasteiger partial charge is 0.339 e. The Morgan fingerprint density at radius 3 is 2.17 bits per heavy atom. The molecule has 0 saturated heterocycles. The molecule has 0 saturated carbocycles. The Kier molecular flexibility index (Phi) is 4.61. The van der Waals surface area contributed by atoms with Gasteiger partial charge in [0, 0.05) is 5.56 Å². The predicted molar refractivity (Wildman–Crippen MR) is 68.0 cm³/mol. The van der Waals surface area contributed by atoms with Gasteiger partial charge in [0.1, 0.15) is 11.5 Å². The molecule has 1 rings (SSSR count). The van der Waals surface area contributed by atoms with Gasteiger partial charge in [-0.05, 0) is 26.0 Å². The van der Waals surface area contributed by atoms with Crippen molar-refractivity contribution < 1.29 is 19.0 Å². The lowest BCUT2D eigenvalue weighted by Crippen LogP contribution is -2.13. The summed E-state index contributed by atoms with van der Waals surface area (Å²) >= 11 is 0. The number of rotatable bonds is 4. The zero-order valence-electron chi connectivity index (χ0n) is 10.9. The normalized spacial score (nSPS) is 11.3. The van der Waals surface area contributed by atoms with Crippen molar-refractivity contribution in [2.24, 2.45) is 0 Å². The van der Waals surface area contributed by atoms with E-state index in [1.807, 2.05) is 6.92 Å². The standard InChI is InChI=1S/C14H16O4/c1-6-9(2)18-14(15)11-7-12(16-4)10(3)13(8-11)17-5/h1,7-9H,2-5H3. The van der Waals surface area contributed by atoms with E-state index in [1.54, 1.807) is 19.1 Å². The molecule has 0 heterocycles. The number of esters is 1. The lowest BCUT2D eigenvalue weighted by molar-refractivity contribution is 0.0438. The van der Waals surface area contributed by atoms with Crippen LogP contribution in [0.5, 0.6) is 11.5 Å². The van der Waals surface area contributed by atoms with Crippen molar-refractivity contribution >= 4 is 5.97 Å².